The second kappa shape index (κ2) is 15.9. The van der Waals surface area contributed by atoms with Crippen LogP contribution in [-0.4, -0.2) is 0 Å². The zero-order valence-electron chi connectivity index (χ0n) is 34.7. The van der Waals surface area contributed by atoms with Crippen LogP contribution in [0.4, 0.5) is 34.1 Å². The molecule has 56 heavy (non-hydrogen) atoms. The third-order valence-corrected chi connectivity index (χ3v) is 9.96. The molecule has 0 heterocycles. The maximum absolute atomic E-state index is 9.42. The Morgan fingerprint density at radius 1 is 0.196 bits per heavy atom. The van der Waals surface area contributed by atoms with Gasteiger partial charge in [-0.1, -0.05) is 170 Å². The molecule has 0 spiro atoms. The molecule has 0 fully saturated rings. The predicted molar refractivity (Wildman–Crippen MR) is 238 cm³/mol. The number of anilines is 6. The van der Waals surface area contributed by atoms with Gasteiger partial charge in [0.25, 0.3) is 0 Å². The Bertz CT molecular complexity index is 2700. The van der Waals surface area contributed by atoms with Crippen LogP contribution in [-0.2, 0) is 0 Å². The highest BCUT2D eigenvalue weighted by atomic mass is 15.1. The Morgan fingerprint density at radius 3 is 0.768 bits per heavy atom. The van der Waals surface area contributed by atoms with Crippen molar-refractivity contribution in [2.45, 2.75) is 0 Å². The molecule has 0 saturated heterocycles. The minimum Gasteiger partial charge on any atom is -0.311 e. The number of nitrogens with zero attached hydrogens (tertiary/aromatic N) is 2. The average Bonchev–Trinajstić information content (AvgIpc) is 3.32. The fraction of sp³-hybridized carbons (Fsp3) is 0. The smallest absolute Gasteiger partial charge is 0.0645 e. The van der Waals surface area contributed by atoms with E-state index in [0.717, 1.165) is 61.8 Å². The maximum atomic E-state index is 9.42. The van der Waals surface area contributed by atoms with Gasteiger partial charge in [-0.05, 0) is 117 Å². The summed E-state index contributed by atoms with van der Waals surface area (Å²) in [7, 11) is 0. The van der Waals surface area contributed by atoms with E-state index in [1.165, 1.54) is 0 Å². The van der Waals surface area contributed by atoms with E-state index in [1.807, 2.05) is 150 Å². The van der Waals surface area contributed by atoms with Crippen LogP contribution >= 0.6 is 0 Å². The maximum Gasteiger partial charge on any atom is 0.0645 e. The van der Waals surface area contributed by atoms with Gasteiger partial charge in [-0.15, -0.1) is 0 Å². The van der Waals surface area contributed by atoms with Gasteiger partial charge in [0.1, 0.15) is 0 Å². The lowest BCUT2D eigenvalue weighted by molar-refractivity contribution is 1.28. The summed E-state index contributed by atoms with van der Waals surface area (Å²) in [6.45, 7) is 0. The Balaban J connectivity index is 1.06. The highest BCUT2D eigenvalue weighted by Gasteiger charge is 2.15. The van der Waals surface area contributed by atoms with Gasteiger partial charge in [-0.2, -0.15) is 0 Å². The SMILES string of the molecule is [2H]c1c([2H])c(N(c2ccc(-c3ccccc3)cc2)c2ccc(-c3ccccc3)cc2)c([2H])c([2H])c1-c1ccc(-c2ccc(N(c3ccccc3)c3ccccc3)cc2)cc1. The monoisotopic (exact) mass is 720 g/mol. The van der Waals surface area contributed by atoms with Crippen LogP contribution in [0.3, 0.4) is 0 Å². The lowest BCUT2D eigenvalue weighted by Gasteiger charge is -2.26. The molecule has 0 amide bonds. The molecule has 2 nitrogen and oxygen atoms in total. The van der Waals surface area contributed by atoms with Gasteiger partial charge < -0.3 is 9.80 Å². The number of hydrogen-bond donors (Lipinski definition) is 0. The van der Waals surface area contributed by atoms with Crippen molar-refractivity contribution in [2.75, 3.05) is 9.80 Å². The Labute approximate surface area is 335 Å². The van der Waals surface area contributed by atoms with Crippen LogP contribution in [0.1, 0.15) is 5.48 Å². The quantitative estimate of drug-likeness (QED) is 0.139. The molecule has 0 radical (unpaired) electrons. The van der Waals surface area contributed by atoms with Crippen LogP contribution < -0.4 is 9.80 Å². The van der Waals surface area contributed by atoms with E-state index in [1.54, 1.807) is 0 Å². The summed E-state index contributed by atoms with van der Waals surface area (Å²) in [5, 5.41) is 0. The minimum atomic E-state index is -0.119. The van der Waals surface area contributed by atoms with Gasteiger partial charge in [-0.3, -0.25) is 0 Å². The first-order chi connectivity index (χ1) is 29.4. The van der Waals surface area contributed by atoms with Gasteiger partial charge in [0.2, 0.25) is 0 Å². The normalized spacial score (nSPS) is 11.9. The van der Waals surface area contributed by atoms with Crippen molar-refractivity contribution in [1.82, 2.24) is 0 Å². The first-order valence-electron chi connectivity index (χ1n) is 20.8. The number of rotatable bonds is 10. The minimum absolute atomic E-state index is 0.100. The van der Waals surface area contributed by atoms with Crippen molar-refractivity contribution in [2.24, 2.45) is 0 Å². The Morgan fingerprint density at radius 2 is 0.429 bits per heavy atom. The van der Waals surface area contributed by atoms with E-state index < -0.39 is 0 Å². The van der Waals surface area contributed by atoms with Crippen LogP contribution in [0.2, 0.25) is 0 Å². The fourth-order valence-electron chi connectivity index (χ4n) is 7.07. The van der Waals surface area contributed by atoms with E-state index >= 15 is 0 Å². The highest BCUT2D eigenvalue weighted by Crippen LogP contribution is 2.39. The number of benzene rings is 9. The molecule has 0 unspecified atom stereocenters. The molecule has 0 atom stereocenters. The van der Waals surface area contributed by atoms with Gasteiger partial charge in [0.15, 0.2) is 0 Å². The molecule has 0 bridgehead atoms. The van der Waals surface area contributed by atoms with E-state index in [4.69, 9.17) is 0 Å². The molecule has 9 rings (SSSR count). The van der Waals surface area contributed by atoms with E-state index in [2.05, 4.69) is 77.7 Å². The van der Waals surface area contributed by atoms with Crippen molar-refractivity contribution < 1.29 is 5.48 Å². The van der Waals surface area contributed by atoms with Gasteiger partial charge in [0.05, 0.1) is 5.48 Å². The number of hydrogen-bond acceptors (Lipinski definition) is 2. The van der Waals surface area contributed by atoms with Crippen LogP contribution in [0, 0.1) is 0 Å². The van der Waals surface area contributed by atoms with Crippen LogP contribution in [0.25, 0.3) is 44.5 Å². The molecule has 0 saturated carbocycles. The predicted octanol–water partition coefficient (Wildman–Crippen LogP) is 15.3. The largest absolute Gasteiger partial charge is 0.311 e. The van der Waals surface area contributed by atoms with Gasteiger partial charge in [0, 0.05) is 34.1 Å². The highest BCUT2D eigenvalue weighted by molar-refractivity contribution is 5.82. The summed E-state index contributed by atoms with van der Waals surface area (Å²) in [4.78, 5) is 4.05. The summed E-state index contributed by atoms with van der Waals surface area (Å²) < 4.78 is 37.5. The zero-order valence-corrected chi connectivity index (χ0v) is 30.7. The molecule has 0 N–H and O–H groups in total. The van der Waals surface area contributed by atoms with E-state index in [0.29, 0.717) is 5.56 Å². The first-order valence-corrected chi connectivity index (χ1v) is 18.8. The van der Waals surface area contributed by atoms with E-state index in [9.17, 15) is 5.48 Å². The third kappa shape index (κ3) is 7.37. The number of para-hydroxylation sites is 2. The summed E-state index contributed by atoms with van der Waals surface area (Å²) in [5.74, 6) is 0. The van der Waals surface area contributed by atoms with Crippen molar-refractivity contribution in [1.29, 1.82) is 0 Å². The first kappa shape index (κ1) is 30.0. The standard InChI is InChI=1S/C54H40N2/c1-5-13-41(14-6-1)45-25-33-52(34-26-45)56(53-35-27-46(28-36-53)42-15-7-2-8-16-42)54-39-31-48(32-40-54)44-23-21-43(22-24-44)47-29-37-51(38-30-47)55(49-17-9-3-10-18-49)50-19-11-4-12-20-50/h1-40H/i31D,32D,39D,40D. The van der Waals surface area contributed by atoms with Crippen LogP contribution in [0.5, 0.6) is 0 Å². The second-order valence-corrected chi connectivity index (χ2v) is 13.5. The summed E-state index contributed by atoms with van der Waals surface area (Å²) >= 11 is 0. The fourth-order valence-corrected chi connectivity index (χ4v) is 7.07. The average molecular weight is 721 g/mol. The molecular formula is C54H40N2. The Kier molecular flexibility index (Phi) is 8.51. The van der Waals surface area contributed by atoms with E-state index in [-0.39, 0.29) is 35.4 Å². The molecule has 9 aromatic carbocycles. The van der Waals surface area contributed by atoms with Crippen molar-refractivity contribution >= 4 is 34.1 Å². The summed E-state index contributed by atoms with van der Waals surface area (Å²) in [5.41, 5.74) is 11.9. The molecule has 0 aliphatic carbocycles. The van der Waals surface area contributed by atoms with Crippen molar-refractivity contribution in [3.63, 3.8) is 0 Å². The van der Waals surface area contributed by atoms with Gasteiger partial charge in [-0.25, -0.2) is 0 Å². The molecule has 0 aliphatic rings. The topological polar surface area (TPSA) is 6.48 Å². The lowest BCUT2D eigenvalue weighted by atomic mass is 9.99. The zero-order chi connectivity index (χ0) is 41.0. The molecule has 9 aromatic rings. The van der Waals surface area contributed by atoms with Crippen molar-refractivity contribution in [3.05, 3.63) is 243 Å². The lowest BCUT2D eigenvalue weighted by Crippen LogP contribution is -2.09. The van der Waals surface area contributed by atoms with Crippen LogP contribution in [0.15, 0.2) is 243 Å². The molecular weight excluding hydrogens is 677 g/mol. The molecule has 0 aromatic heterocycles. The molecule has 0 aliphatic heterocycles. The van der Waals surface area contributed by atoms with Gasteiger partial charge >= 0.3 is 0 Å². The summed E-state index contributed by atoms with van der Waals surface area (Å²) in [6.07, 6.45) is 0. The molecule has 266 valence electrons. The summed E-state index contributed by atoms with van der Waals surface area (Å²) in [6, 6.07) is 72.5. The van der Waals surface area contributed by atoms with Crippen molar-refractivity contribution in [3.8, 4) is 44.5 Å². The second-order valence-electron chi connectivity index (χ2n) is 13.5. The third-order valence-electron chi connectivity index (χ3n) is 9.96. The Hall–Kier alpha value is -7.42. The molecule has 2 heteroatoms.